The van der Waals surface area contributed by atoms with E-state index in [4.69, 9.17) is 4.74 Å². The van der Waals surface area contributed by atoms with Crippen LogP contribution in [0, 0.1) is 5.92 Å². The number of ether oxygens (including phenoxy) is 1. The number of benzene rings is 3. The number of hydrogen-bond donors (Lipinski definition) is 1. The van der Waals surface area contributed by atoms with Crippen LogP contribution in [0.3, 0.4) is 0 Å². The number of alkyl halides is 2. The number of hydrazone groups is 1. The Labute approximate surface area is 236 Å². The van der Waals surface area contributed by atoms with Crippen LogP contribution < -0.4 is 15.1 Å². The van der Waals surface area contributed by atoms with Gasteiger partial charge in [-0.15, -0.1) is 0 Å². The molecular formula is C32H28F2N4O3. The first-order valence-electron chi connectivity index (χ1n) is 13.0. The van der Waals surface area contributed by atoms with Crippen molar-refractivity contribution in [1.29, 1.82) is 0 Å². The molecule has 0 aliphatic carbocycles. The van der Waals surface area contributed by atoms with Gasteiger partial charge in [0, 0.05) is 42.6 Å². The van der Waals surface area contributed by atoms with Gasteiger partial charge in [-0.2, -0.15) is 10.1 Å². The van der Waals surface area contributed by atoms with Crippen LogP contribution in [0.25, 0.3) is 11.1 Å². The number of hydrogen-bond acceptors (Lipinski definition) is 5. The third kappa shape index (κ3) is 5.99. The largest absolute Gasteiger partial charge is 0.496 e. The summed E-state index contributed by atoms with van der Waals surface area (Å²) in [5, 5.41) is 8.26. The molecule has 1 aliphatic heterocycles. The summed E-state index contributed by atoms with van der Waals surface area (Å²) in [5.41, 5.74) is 4.26. The highest BCUT2D eigenvalue weighted by Crippen LogP contribution is 2.33. The maximum absolute atomic E-state index is 13.8. The van der Waals surface area contributed by atoms with E-state index in [2.05, 4.69) is 15.4 Å². The molecule has 1 aromatic heterocycles. The van der Waals surface area contributed by atoms with Crippen LogP contribution in [0.15, 0.2) is 96.4 Å². The van der Waals surface area contributed by atoms with Crippen molar-refractivity contribution >= 4 is 28.9 Å². The van der Waals surface area contributed by atoms with Gasteiger partial charge < -0.3 is 10.1 Å². The van der Waals surface area contributed by atoms with E-state index >= 15 is 0 Å². The number of carbonyl (C=O) groups is 2. The molecule has 0 radical (unpaired) electrons. The molecule has 1 aliphatic rings. The fourth-order valence-electron chi connectivity index (χ4n) is 4.80. The van der Waals surface area contributed by atoms with Crippen molar-refractivity contribution in [2.45, 2.75) is 26.2 Å². The summed E-state index contributed by atoms with van der Waals surface area (Å²) in [6, 6.07) is 22.5. The van der Waals surface area contributed by atoms with Crippen LogP contribution in [-0.2, 0) is 21.9 Å². The number of nitrogens with one attached hydrogen (secondary N) is 1. The molecule has 3 aromatic carbocycles. The van der Waals surface area contributed by atoms with Gasteiger partial charge in [-0.3, -0.25) is 14.6 Å². The first-order valence-corrected chi connectivity index (χ1v) is 13.0. The molecule has 1 unspecified atom stereocenters. The van der Waals surface area contributed by atoms with Crippen molar-refractivity contribution in [2.75, 3.05) is 17.4 Å². The summed E-state index contributed by atoms with van der Waals surface area (Å²) < 4.78 is 33.1. The minimum absolute atomic E-state index is 0.172. The van der Waals surface area contributed by atoms with Crippen LogP contribution in [0.4, 0.5) is 20.2 Å². The Balaban J connectivity index is 1.46. The Hall–Kier alpha value is -4.92. The molecule has 0 bridgehead atoms. The average Bonchev–Trinajstić information content (AvgIpc) is 3.27. The van der Waals surface area contributed by atoms with E-state index in [1.807, 2.05) is 54.6 Å². The Morgan fingerprint density at radius 3 is 2.56 bits per heavy atom. The molecule has 208 valence electrons. The summed E-state index contributed by atoms with van der Waals surface area (Å²) in [7, 11) is 1.62. The lowest BCUT2D eigenvalue weighted by atomic mass is 9.98. The van der Waals surface area contributed by atoms with E-state index in [0.29, 0.717) is 17.8 Å². The number of aromatic nitrogens is 1. The Morgan fingerprint density at radius 1 is 1.02 bits per heavy atom. The van der Waals surface area contributed by atoms with Gasteiger partial charge in [0.05, 0.1) is 18.5 Å². The molecule has 9 heteroatoms. The minimum atomic E-state index is -3.07. The number of pyridine rings is 1. The molecule has 2 amide bonds. The molecule has 1 N–H and O–H groups in total. The normalized spacial score (nSPS) is 15.0. The Kier molecular flexibility index (Phi) is 7.61. The number of nitrogens with zero attached hydrogens (tertiary/aromatic N) is 3. The summed E-state index contributed by atoms with van der Waals surface area (Å²) in [6.45, 7) is 2.38. The third-order valence-corrected chi connectivity index (χ3v) is 6.83. The molecule has 4 aromatic rings. The van der Waals surface area contributed by atoms with Crippen molar-refractivity contribution in [3.63, 3.8) is 0 Å². The molecular weight excluding hydrogens is 526 g/mol. The molecule has 5 rings (SSSR count). The first kappa shape index (κ1) is 27.6. The standard InChI is InChI=1S/C32H28F2N4O3/c1-20-29(30(39)36-26-11-6-10-25(18-26)32(2,33)34)31(40)38(37-20)27-16-21(14-22-8-4-5-12-28(22)41-3)15-24(17-27)23-9-7-13-35-19-23/h4-13,15-19,29H,14H2,1-3H3,(H,36,39). The van der Waals surface area contributed by atoms with Crippen LogP contribution in [-0.4, -0.2) is 29.6 Å². The monoisotopic (exact) mass is 554 g/mol. The highest BCUT2D eigenvalue weighted by molar-refractivity contribution is 6.28. The van der Waals surface area contributed by atoms with E-state index in [1.165, 1.54) is 29.3 Å². The highest BCUT2D eigenvalue weighted by Gasteiger charge is 2.40. The molecule has 0 saturated heterocycles. The summed E-state index contributed by atoms with van der Waals surface area (Å²) in [6.07, 6.45) is 3.94. The summed E-state index contributed by atoms with van der Waals surface area (Å²) >= 11 is 0. The second-order valence-corrected chi connectivity index (χ2v) is 9.90. The van der Waals surface area contributed by atoms with E-state index < -0.39 is 23.7 Å². The lowest BCUT2D eigenvalue weighted by Crippen LogP contribution is -2.36. The van der Waals surface area contributed by atoms with Gasteiger partial charge in [-0.05, 0) is 60.0 Å². The summed E-state index contributed by atoms with van der Waals surface area (Å²) in [5.74, 6) is -4.72. The van der Waals surface area contributed by atoms with Crippen molar-refractivity contribution < 1.29 is 23.1 Å². The zero-order valence-electron chi connectivity index (χ0n) is 22.8. The topological polar surface area (TPSA) is 83.9 Å². The van der Waals surface area contributed by atoms with Gasteiger partial charge in [0.15, 0.2) is 5.92 Å². The third-order valence-electron chi connectivity index (χ3n) is 6.83. The van der Waals surface area contributed by atoms with E-state index in [1.54, 1.807) is 26.4 Å². The first-order chi connectivity index (χ1) is 19.6. The Morgan fingerprint density at radius 2 is 1.83 bits per heavy atom. The maximum Gasteiger partial charge on any atom is 0.270 e. The number of halogens is 2. The van der Waals surface area contributed by atoms with Crippen molar-refractivity contribution in [2.24, 2.45) is 11.0 Å². The van der Waals surface area contributed by atoms with Gasteiger partial charge in [-0.25, -0.2) is 8.78 Å². The van der Waals surface area contributed by atoms with Gasteiger partial charge >= 0.3 is 0 Å². The quantitative estimate of drug-likeness (QED) is 0.254. The predicted octanol–water partition coefficient (Wildman–Crippen LogP) is 6.44. The number of rotatable bonds is 8. The maximum atomic E-state index is 13.8. The number of methoxy groups -OCH3 is 1. The fraction of sp³-hybridized carbons (Fsp3) is 0.188. The fourth-order valence-corrected chi connectivity index (χ4v) is 4.80. The van der Waals surface area contributed by atoms with Crippen molar-refractivity contribution in [1.82, 2.24) is 4.98 Å². The van der Waals surface area contributed by atoms with Crippen molar-refractivity contribution in [3.05, 3.63) is 108 Å². The molecule has 0 saturated carbocycles. The average molecular weight is 555 g/mol. The zero-order valence-corrected chi connectivity index (χ0v) is 22.8. The lowest BCUT2D eigenvalue weighted by Gasteiger charge is -2.18. The van der Waals surface area contributed by atoms with Gasteiger partial charge in [0.25, 0.3) is 11.8 Å². The van der Waals surface area contributed by atoms with Crippen LogP contribution in [0.1, 0.15) is 30.5 Å². The van der Waals surface area contributed by atoms with E-state index in [-0.39, 0.29) is 11.3 Å². The lowest BCUT2D eigenvalue weighted by molar-refractivity contribution is -0.127. The zero-order chi connectivity index (χ0) is 29.1. The predicted molar refractivity (Wildman–Crippen MR) is 154 cm³/mol. The van der Waals surface area contributed by atoms with Crippen LogP contribution >= 0.6 is 0 Å². The number of anilines is 2. The van der Waals surface area contributed by atoms with Gasteiger partial charge in [0.2, 0.25) is 5.91 Å². The molecule has 1 atom stereocenters. The second kappa shape index (κ2) is 11.3. The number of amides is 2. The summed E-state index contributed by atoms with van der Waals surface area (Å²) in [4.78, 5) is 31.0. The van der Waals surface area contributed by atoms with Gasteiger partial charge in [0.1, 0.15) is 5.75 Å². The Bertz CT molecular complexity index is 1630. The second-order valence-electron chi connectivity index (χ2n) is 9.90. The smallest absolute Gasteiger partial charge is 0.270 e. The number of carbonyl (C=O) groups excluding carboxylic acids is 2. The van der Waals surface area contributed by atoms with Crippen molar-refractivity contribution in [3.8, 4) is 16.9 Å². The van der Waals surface area contributed by atoms with Crippen LogP contribution in [0.2, 0.25) is 0 Å². The molecule has 0 fully saturated rings. The minimum Gasteiger partial charge on any atom is -0.496 e. The van der Waals surface area contributed by atoms with E-state index in [0.717, 1.165) is 34.9 Å². The molecule has 41 heavy (non-hydrogen) atoms. The highest BCUT2D eigenvalue weighted by atomic mass is 19.3. The number of para-hydroxylation sites is 1. The SMILES string of the molecule is COc1ccccc1Cc1cc(-c2cccnc2)cc(N2N=C(C)C(C(=O)Nc3cccc(C(C)(F)F)c3)C2=O)c1. The molecule has 0 spiro atoms. The van der Waals surface area contributed by atoms with Gasteiger partial charge in [-0.1, -0.05) is 42.5 Å². The molecule has 2 heterocycles. The molecule has 7 nitrogen and oxygen atoms in total. The van der Waals surface area contributed by atoms with E-state index in [9.17, 15) is 18.4 Å². The van der Waals surface area contributed by atoms with Crippen LogP contribution in [0.5, 0.6) is 5.75 Å².